The first-order valence-corrected chi connectivity index (χ1v) is 9.15. The molecule has 1 unspecified atom stereocenters. The van der Waals surface area contributed by atoms with E-state index in [1.807, 2.05) is 4.90 Å². The second-order valence-corrected chi connectivity index (χ2v) is 7.01. The first-order chi connectivity index (χ1) is 12.5. The van der Waals surface area contributed by atoms with Crippen molar-refractivity contribution in [2.24, 2.45) is 11.7 Å². The number of halogens is 1. The Hall–Kier alpha value is -1.99. The van der Waals surface area contributed by atoms with Crippen LogP contribution in [0.4, 0.5) is 10.1 Å². The lowest BCUT2D eigenvalue weighted by molar-refractivity contribution is -0.135. The molecule has 2 N–H and O–H groups in total. The summed E-state index contributed by atoms with van der Waals surface area (Å²) in [6.07, 6.45) is 1.64. The molecular formula is C19H26FN3O3. The number of nitrogens with two attached hydrogens (primary N) is 1. The Morgan fingerprint density at radius 2 is 1.85 bits per heavy atom. The molecule has 0 radical (unpaired) electrons. The average Bonchev–Trinajstić information content (AvgIpc) is 2.67. The SMILES string of the molecule is CC(=O)c1ccc(N2CCN(C(=O)C(N)C3CCOCC3)CC2)c(F)c1. The summed E-state index contributed by atoms with van der Waals surface area (Å²) in [5.74, 6) is -0.417. The van der Waals surface area contributed by atoms with Crippen LogP contribution in [-0.4, -0.2) is 62.0 Å². The van der Waals surface area contributed by atoms with Crippen LogP contribution in [0, 0.1) is 11.7 Å². The first kappa shape index (κ1) is 18.8. The van der Waals surface area contributed by atoms with Gasteiger partial charge in [0.2, 0.25) is 5.91 Å². The fourth-order valence-corrected chi connectivity index (χ4v) is 3.64. The summed E-state index contributed by atoms with van der Waals surface area (Å²) in [7, 11) is 0. The molecule has 142 valence electrons. The van der Waals surface area contributed by atoms with Crippen molar-refractivity contribution >= 4 is 17.4 Å². The van der Waals surface area contributed by atoms with E-state index in [0.717, 1.165) is 12.8 Å². The highest BCUT2D eigenvalue weighted by atomic mass is 19.1. The molecule has 0 aromatic heterocycles. The van der Waals surface area contributed by atoms with Crippen LogP contribution in [0.2, 0.25) is 0 Å². The van der Waals surface area contributed by atoms with Gasteiger partial charge in [-0.3, -0.25) is 9.59 Å². The second-order valence-electron chi connectivity index (χ2n) is 7.01. The van der Waals surface area contributed by atoms with Gasteiger partial charge in [0.05, 0.1) is 11.7 Å². The minimum Gasteiger partial charge on any atom is -0.381 e. The number of ketones is 1. The lowest BCUT2D eigenvalue weighted by Gasteiger charge is -2.38. The van der Waals surface area contributed by atoms with E-state index in [-0.39, 0.29) is 17.6 Å². The van der Waals surface area contributed by atoms with E-state index >= 15 is 0 Å². The van der Waals surface area contributed by atoms with E-state index < -0.39 is 11.9 Å². The quantitative estimate of drug-likeness (QED) is 0.819. The number of ether oxygens (including phenoxy) is 1. The molecule has 0 aliphatic carbocycles. The molecule has 2 aliphatic rings. The normalized spacial score (nSPS) is 20.1. The Morgan fingerprint density at radius 3 is 2.42 bits per heavy atom. The zero-order chi connectivity index (χ0) is 18.7. The molecule has 2 aliphatic heterocycles. The van der Waals surface area contributed by atoms with Crippen LogP contribution < -0.4 is 10.6 Å². The second kappa shape index (κ2) is 8.14. The van der Waals surface area contributed by atoms with Gasteiger partial charge < -0.3 is 20.3 Å². The Morgan fingerprint density at radius 1 is 1.19 bits per heavy atom. The van der Waals surface area contributed by atoms with Crippen LogP contribution in [-0.2, 0) is 9.53 Å². The number of rotatable bonds is 4. The van der Waals surface area contributed by atoms with E-state index in [9.17, 15) is 14.0 Å². The maximum atomic E-state index is 14.3. The lowest BCUT2D eigenvalue weighted by atomic mass is 9.91. The summed E-state index contributed by atoms with van der Waals surface area (Å²) < 4.78 is 19.6. The van der Waals surface area contributed by atoms with Gasteiger partial charge in [-0.1, -0.05) is 0 Å². The van der Waals surface area contributed by atoms with Crippen LogP contribution in [0.3, 0.4) is 0 Å². The highest BCUT2D eigenvalue weighted by molar-refractivity contribution is 5.94. The minimum atomic E-state index is -0.489. The number of nitrogens with zero attached hydrogens (tertiary/aromatic N) is 2. The molecule has 1 aromatic rings. The number of amides is 1. The fourth-order valence-electron chi connectivity index (χ4n) is 3.64. The number of Topliss-reactive ketones (excluding diaryl/α,β-unsaturated/α-hetero) is 1. The van der Waals surface area contributed by atoms with Gasteiger partial charge in [0.1, 0.15) is 5.82 Å². The number of carbonyl (C=O) groups excluding carboxylic acids is 2. The van der Waals surface area contributed by atoms with Gasteiger partial charge in [0.25, 0.3) is 0 Å². The van der Waals surface area contributed by atoms with Crippen LogP contribution in [0.1, 0.15) is 30.1 Å². The zero-order valence-corrected chi connectivity index (χ0v) is 15.1. The smallest absolute Gasteiger partial charge is 0.239 e. The molecule has 2 fully saturated rings. The summed E-state index contributed by atoms with van der Waals surface area (Å²) in [5, 5.41) is 0. The highest BCUT2D eigenvalue weighted by Crippen LogP contribution is 2.24. The molecule has 3 rings (SSSR count). The number of hydrogen-bond donors (Lipinski definition) is 1. The van der Waals surface area contributed by atoms with Crippen molar-refractivity contribution in [2.45, 2.75) is 25.8 Å². The topological polar surface area (TPSA) is 75.9 Å². The predicted octanol–water partition coefficient (Wildman–Crippen LogP) is 1.43. The van der Waals surface area contributed by atoms with Crippen molar-refractivity contribution in [1.29, 1.82) is 0 Å². The summed E-state index contributed by atoms with van der Waals surface area (Å²) >= 11 is 0. The van der Waals surface area contributed by atoms with E-state index in [1.165, 1.54) is 13.0 Å². The Kier molecular flexibility index (Phi) is 5.88. The summed E-state index contributed by atoms with van der Waals surface area (Å²) in [5.41, 5.74) is 7.02. The minimum absolute atomic E-state index is 0.0241. The molecular weight excluding hydrogens is 337 g/mol. The largest absolute Gasteiger partial charge is 0.381 e. The van der Waals surface area contributed by atoms with Crippen molar-refractivity contribution in [3.05, 3.63) is 29.6 Å². The molecule has 0 spiro atoms. The van der Waals surface area contributed by atoms with Crippen molar-refractivity contribution in [3.63, 3.8) is 0 Å². The van der Waals surface area contributed by atoms with Crippen molar-refractivity contribution < 1.29 is 18.7 Å². The Labute approximate surface area is 153 Å². The predicted molar refractivity (Wildman–Crippen MR) is 96.7 cm³/mol. The first-order valence-electron chi connectivity index (χ1n) is 9.15. The molecule has 2 heterocycles. The maximum Gasteiger partial charge on any atom is 0.239 e. The molecule has 2 saturated heterocycles. The monoisotopic (exact) mass is 363 g/mol. The molecule has 26 heavy (non-hydrogen) atoms. The van der Waals surface area contributed by atoms with Crippen molar-refractivity contribution in [2.75, 3.05) is 44.3 Å². The molecule has 1 amide bonds. The number of benzene rings is 1. The molecule has 0 saturated carbocycles. The molecule has 6 nitrogen and oxygen atoms in total. The number of carbonyl (C=O) groups is 2. The maximum absolute atomic E-state index is 14.3. The van der Waals surface area contributed by atoms with Crippen LogP contribution in [0.25, 0.3) is 0 Å². The van der Waals surface area contributed by atoms with Gasteiger partial charge in [-0.2, -0.15) is 0 Å². The van der Waals surface area contributed by atoms with Gasteiger partial charge in [0, 0.05) is 45.0 Å². The van der Waals surface area contributed by atoms with Gasteiger partial charge in [-0.05, 0) is 43.9 Å². The number of piperazine rings is 1. The molecule has 1 aromatic carbocycles. The lowest BCUT2D eigenvalue weighted by Crippen LogP contribution is -2.55. The third kappa shape index (κ3) is 4.04. The van der Waals surface area contributed by atoms with Crippen LogP contribution >= 0.6 is 0 Å². The van der Waals surface area contributed by atoms with E-state index in [0.29, 0.717) is 50.6 Å². The number of hydrogen-bond acceptors (Lipinski definition) is 5. The van der Waals surface area contributed by atoms with Gasteiger partial charge >= 0.3 is 0 Å². The Balaban J connectivity index is 1.58. The molecule has 7 heteroatoms. The highest BCUT2D eigenvalue weighted by Gasteiger charge is 2.31. The number of anilines is 1. The molecule has 1 atom stereocenters. The summed E-state index contributed by atoms with van der Waals surface area (Å²) in [6, 6.07) is 4.06. The third-order valence-electron chi connectivity index (χ3n) is 5.35. The Bertz CT molecular complexity index is 668. The van der Waals surface area contributed by atoms with Gasteiger partial charge in [-0.15, -0.1) is 0 Å². The van der Waals surface area contributed by atoms with E-state index in [2.05, 4.69) is 0 Å². The van der Waals surface area contributed by atoms with E-state index in [4.69, 9.17) is 10.5 Å². The zero-order valence-electron chi connectivity index (χ0n) is 15.1. The fraction of sp³-hybridized carbons (Fsp3) is 0.579. The van der Waals surface area contributed by atoms with Crippen molar-refractivity contribution in [3.8, 4) is 0 Å². The standard InChI is InChI=1S/C19H26FN3O3/c1-13(24)15-2-3-17(16(20)12-15)22-6-8-23(9-7-22)19(25)18(21)14-4-10-26-11-5-14/h2-3,12,14,18H,4-11,21H2,1H3. The van der Waals surface area contributed by atoms with E-state index in [1.54, 1.807) is 17.0 Å². The van der Waals surface area contributed by atoms with Crippen molar-refractivity contribution in [1.82, 2.24) is 4.90 Å². The third-order valence-corrected chi connectivity index (χ3v) is 5.35. The van der Waals surface area contributed by atoms with Gasteiger partial charge in [0.15, 0.2) is 5.78 Å². The van der Waals surface area contributed by atoms with Gasteiger partial charge in [-0.25, -0.2) is 4.39 Å². The summed E-state index contributed by atoms with van der Waals surface area (Å²) in [4.78, 5) is 27.7. The van der Waals surface area contributed by atoms with Crippen LogP contribution in [0.15, 0.2) is 18.2 Å². The average molecular weight is 363 g/mol. The van der Waals surface area contributed by atoms with Crippen LogP contribution in [0.5, 0.6) is 0 Å². The molecule has 0 bridgehead atoms. The summed E-state index contributed by atoms with van der Waals surface area (Å²) in [6.45, 7) is 4.86.